The van der Waals surface area contributed by atoms with Crippen LogP contribution >= 0.6 is 0 Å². The van der Waals surface area contributed by atoms with E-state index in [1.807, 2.05) is 24.3 Å². The number of H-pyrrole nitrogens is 1. The molecule has 0 radical (unpaired) electrons. The average Bonchev–Trinajstić information content (AvgIpc) is 3.35. The van der Waals surface area contributed by atoms with Crippen LogP contribution in [0.25, 0.3) is 10.8 Å². The van der Waals surface area contributed by atoms with Crippen LogP contribution in [0.2, 0.25) is 0 Å². The zero-order chi connectivity index (χ0) is 19.5. The van der Waals surface area contributed by atoms with Gasteiger partial charge < -0.3 is 14.6 Å². The number of rotatable bonds is 6. The topological polar surface area (TPSA) is 119 Å². The van der Waals surface area contributed by atoms with Crippen molar-refractivity contribution < 1.29 is 14.1 Å². The molecule has 0 saturated heterocycles. The molecule has 142 valence electrons. The summed E-state index contributed by atoms with van der Waals surface area (Å²) < 4.78 is 11.1. The lowest BCUT2D eigenvalue weighted by Crippen LogP contribution is -2.27. The van der Waals surface area contributed by atoms with Crippen molar-refractivity contribution in [3.8, 4) is 5.75 Å². The third-order valence-electron chi connectivity index (χ3n) is 4.15. The van der Waals surface area contributed by atoms with Crippen molar-refractivity contribution >= 4 is 16.7 Å². The van der Waals surface area contributed by atoms with Gasteiger partial charge in [0.25, 0.3) is 5.91 Å². The minimum atomic E-state index is -0.374. The molecule has 1 aromatic carbocycles. The van der Waals surface area contributed by atoms with E-state index >= 15 is 0 Å². The van der Waals surface area contributed by atoms with E-state index in [-0.39, 0.29) is 24.2 Å². The van der Waals surface area contributed by atoms with Gasteiger partial charge in [0.2, 0.25) is 0 Å². The van der Waals surface area contributed by atoms with Gasteiger partial charge in [-0.25, -0.2) is 4.98 Å². The summed E-state index contributed by atoms with van der Waals surface area (Å²) in [7, 11) is 0. The fourth-order valence-electron chi connectivity index (χ4n) is 2.74. The highest BCUT2D eigenvalue weighted by Crippen LogP contribution is 2.25. The molecule has 4 aromatic rings. The average molecular weight is 378 g/mol. The highest BCUT2D eigenvalue weighted by atomic mass is 16.5. The molecule has 9 nitrogen and oxygen atoms in total. The second kappa shape index (κ2) is 7.47. The number of nitrogens with zero attached hydrogens (tertiary/aromatic N) is 4. The van der Waals surface area contributed by atoms with Crippen LogP contribution in [0.15, 0.2) is 47.2 Å². The van der Waals surface area contributed by atoms with Gasteiger partial charge in [0, 0.05) is 29.2 Å². The smallest absolute Gasteiger partial charge is 0.274 e. The highest BCUT2D eigenvalue weighted by molar-refractivity contribution is 5.92. The van der Waals surface area contributed by atoms with Crippen LogP contribution in [0.3, 0.4) is 0 Å². The predicted molar refractivity (Wildman–Crippen MR) is 99.6 cm³/mol. The molecule has 2 N–H and O–H groups in total. The minimum absolute atomic E-state index is 0.150. The van der Waals surface area contributed by atoms with Gasteiger partial charge in [0.15, 0.2) is 17.3 Å². The van der Waals surface area contributed by atoms with Crippen molar-refractivity contribution in [3.05, 3.63) is 65.8 Å². The van der Waals surface area contributed by atoms with Crippen molar-refractivity contribution in [2.75, 3.05) is 0 Å². The lowest BCUT2D eigenvalue weighted by atomic mass is 10.1. The molecular weight excluding hydrogens is 360 g/mol. The van der Waals surface area contributed by atoms with E-state index in [0.29, 0.717) is 23.2 Å². The summed E-state index contributed by atoms with van der Waals surface area (Å²) in [6, 6.07) is 8.80. The van der Waals surface area contributed by atoms with Crippen molar-refractivity contribution in [3.63, 3.8) is 0 Å². The monoisotopic (exact) mass is 378 g/mol. The van der Waals surface area contributed by atoms with E-state index in [4.69, 9.17) is 9.26 Å². The van der Waals surface area contributed by atoms with Crippen molar-refractivity contribution in [1.29, 1.82) is 0 Å². The number of aryl methyl sites for hydroxylation is 1. The van der Waals surface area contributed by atoms with Gasteiger partial charge in [-0.05, 0) is 26.0 Å². The molecule has 0 fully saturated rings. The number of aromatic nitrogens is 5. The van der Waals surface area contributed by atoms with E-state index < -0.39 is 0 Å². The first-order chi connectivity index (χ1) is 13.6. The number of carbonyl (C=O) groups excluding carboxylic acids is 1. The summed E-state index contributed by atoms with van der Waals surface area (Å²) in [6.07, 6.45) is 3.49. The standard InChI is InChI=1S/C19H18N6O3/c1-11(18-22-12(2)23-24-18)21-19(26)16-8-14(28-25-16)10-27-17-5-3-4-13-9-20-7-6-15(13)17/h3-9,11H,10H2,1-2H3,(H,21,26)(H,22,23,24). The number of fused-ring (bicyclic) bond motifs is 1. The van der Waals surface area contributed by atoms with Gasteiger partial charge in [0.05, 0.1) is 6.04 Å². The molecule has 1 amide bonds. The van der Waals surface area contributed by atoms with Gasteiger partial charge in [-0.15, -0.1) is 0 Å². The van der Waals surface area contributed by atoms with Crippen molar-refractivity contribution in [1.82, 2.24) is 30.6 Å². The first-order valence-corrected chi connectivity index (χ1v) is 8.71. The molecule has 0 aliphatic carbocycles. The van der Waals surface area contributed by atoms with E-state index in [1.54, 1.807) is 32.3 Å². The molecule has 0 spiro atoms. The van der Waals surface area contributed by atoms with E-state index in [2.05, 4.69) is 30.6 Å². The second-order valence-electron chi connectivity index (χ2n) is 6.29. The summed E-state index contributed by atoms with van der Waals surface area (Å²) in [5.41, 5.74) is 0.167. The number of benzene rings is 1. The van der Waals surface area contributed by atoms with E-state index in [0.717, 1.165) is 10.8 Å². The maximum absolute atomic E-state index is 12.4. The number of pyridine rings is 1. The van der Waals surface area contributed by atoms with Crippen LogP contribution < -0.4 is 10.1 Å². The number of aromatic amines is 1. The molecular formula is C19H18N6O3. The summed E-state index contributed by atoms with van der Waals surface area (Å²) in [5, 5.41) is 15.3. The predicted octanol–water partition coefficient (Wildman–Crippen LogP) is 2.72. The number of hydrogen-bond acceptors (Lipinski definition) is 7. The summed E-state index contributed by atoms with van der Waals surface area (Å²) in [4.78, 5) is 20.7. The van der Waals surface area contributed by atoms with Gasteiger partial charge in [-0.2, -0.15) is 5.10 Å². The molecule has 0 saturated carbocycles. The van der Waals surface area contributed by atoms with Crippen molar-refractivity contribution in [2.24, 2.45) is 0 Å². The number of hydrogen-bond donors (Lipinski definition) is 2. The van der Waals surface area contributed by atoms with Crippen molar-refractivity contribution in [2.45, 2.75) is 26.5 Å². The molecule has 1 unspecified atom stereocenters. The van der Waals surface area contributed by atoms with Crippen LogP contribution in [0.1, 0.15) is 40.9 Å². The first kappa shape index (κ1) is 17.7. The summed E-state index contributed by atoms with van der Waals surface area (Å²) in [5.74, 6) is 1.96. The van der Waals surface area contributed by atoms with Crippen LogP contribution in [-0.2, 0) is 6.61 Å². The lowest BCUT2D eigenvalue weighted by Gasteiger charge is -2.08. The molecule has 9 heteroatoms. The minimum Gasteiger partial charge on any atom is -0.485 e. The summed E-state index contributed by atoms with van der Waals surface area (Å²) >= 11 is 0. The fraction of sp³-hybridized carbons (Fsp3) is 0.211. The lowest BCUT2D eigenvalue weighted by molar-refractivity contribution is 0.0929. The fourth-order valence-corrected chi connectivity index (χ4v) is 2.74. The van der Waals surface area contributed by atoms with E-state index in [1.165, 1.54) is 0 Å². The number of carbonyl (C=O) groups is 1. The SMILES string of the molecule is Cc1nc(C(C)NC(=O)c2cc(COc3cccc4cnccc34)on2)n[nH]1. The molecule has 3 aromatic heterocycles. The summed E-state index contributed by atoms with van der Waals surface area (Å²) in [6.45, 7) is 3.73. The van der Waals surface area contributed by atoms with Crippen LogP contribution in [0.4, 0.5) is 0 Å². The molecule has 0 aliphatic rings. The zero-order valence-corrected chi connectivity index (χ0v) is 15.3. The maximum Gasteiger partial charge on any atom is 0.274 e. The van der Waals surface area contributed by atoms with Gasteiger partial charge in [-0.1, -0.05) is 17.3 Å². The Kier molecular flexibility index (Phi) is 4.71. The molecule has 3 heterocycles. The largest absolute Gasteiger partial charge is 0.485 e. The Hall–Kier alpha value is -3.75. The van der Waals surface area contributed by atoms with Crippen LogP contribution in [0, 0.1) is 6.92 Å². The number of ether oxygens (including phenoxy) is 1. The maximum atomic E-state index is 12.4. The Bertz CT molecular complexity index is 1110. The number of nitrogens with one attached hydrogen (secondary N) is 2. The van der Waals surface area contributed by atoms with Gasteiger partial charge in [0.1, 0.15) is 18.2 Å². The zero-order valence-electron chi connectivity index (χ0n) is 15.3. The van der Waals surface area contributed by atoms with Gasteiger partial charge >= 0.3 is 0 Å². The first-order valence-electron chi connectivity index (χ1n) is 8.71. The highest BCUT2D eigenvalue weighted by Gasteiger charge is 2.18. The van der Waals surface area contributed by atoms with Gasteiger partial charge in [-0.3, -0.25) is 14.9 Å². The van der Waals surface area contributed by atoms with Crippen LogP contribution in [0.5, 0.6) is 5.75 Å². The molecule has 0 aliphatic heterocycles. The second-order valence-corrected chi connectivity index (χ2v) is 6.29. The molecule has 4 rings (SSSR count). The molecule has 1 atom stereocenters. The normalized spacial score (nSPS) is 12.1. The third kappa shape index (κ3) is 3.68. The third-order valence-corrected chi connectivity index (χ3v) is 4.15. The number of amides is 1. The Balaban J connectivity index is 1.40. The quantitative estimate of drug-likeness (QED) is 0.529. The Labute approximate surface area is 160 Å². The van der Waals surface area contributed by atoms with Crippen LogP contribution in [-0.4, -0.2) is 31.2 Å². The Morgan fingerprint density at radius 3 is 3.07 bits per heavy atom. The Morgan fingerprint density at radius 1 is 1.36 bits per heavy atom. The Morgan fingerprint density at radius 2 is 2.25 bits per heavy atom. The van der Waals surface area contributed by atoms with E-state index in [9.17, 15) is 4.79 Å². The molecule has 0 bridgehead atoms. The molecule has 28 heavy (non-hydrogen) atoms.